The summed E-state index contributed by atoms with van der Waals surface area (Å²) in [7, 11) is 0. The van der Waals surface area contributed by atoms with E-state index in [0.29, 0.717) is 13.0 Å². The molecule has 1 aromatic heterocycles. The molecular weight excluding hydrogens is 248 g/mol. The van der Waals surface area contributed by atoms with Crippen molar-refractivity contribution >= 4 is 11.6 Å². The Kier molecular flexibility index (Phi) is 3.33. The molecule has 1 fully saturated rings. The van der Waals surface area contributed by atoms with E-state index in [0.717, 1.165) is 16.9 Å². The van der Waals surface area contributed by atoms with Crippen LogP contribution in [0.5, 0.6) is 0 Å². The van der Waals surface area contributed by atoms with Crippen LogP contribution in [0.2, 0.25) is 0 Å². The van der Waals surface area contributed by atoms with Crippen LogP contribution in [0.25, 0.3) is 11.3 Å². The number of amides is 1. The molecule has 1 aromatic carbocycles. The maximum Gasteiger partial charge on any atom is 0.227 e. The summed E-state index contributed by atoms with van der Waals surface area (Å²) in [4.78, 5) is 18.2. The molecule has 1 aliphatic heterocycles. The molecule has 2 aromatic rings. The normalized spacial score (nSPS) is 18.3. The fraction of sp³-hybridized carbons (Fsp3) is 0.176. The quantitative estimate of drug-likeness (QED) is 0.797. The summed E-state index contributed by atoms with van der Waals surface area (Å²) in [6.07, 6.45) is 4.17. The summed E-state index contributed by atoms with van der Waals surface area (Å²) >= 11 is 0. The average Bonchev–Trinajstić information content (AvgIpc) is 2.89. The first-order valence-corrected chi connectivity index (χ1v) is 6.72. The minimum Gasteiger partial charge on any atom is -0.310 e. The SMILES string of the molecule is C=CC1CC(=O)N(c2ccc(-c3ccccc3)nc2)C1. The number of carbonyl (C=O) groups excluding carboxylic acids is 1. The lowest BCUT2D eigenvalue weighted by Gasteiger charge is -2.16. The van der Waals surface area contributed by atoms with Crippen molar-refractivity contribution in [1.82, 2.24) is 4.98 Å². The van der Waals surface area contributed by atoms with Gasteiger partial charge >= 0.3 is 0 Å². The molecule has 1 amide bonds. The molecule has 1 atom stereocenters. The van der Waals surface area contributed by atoms with E-state index >= 15 is 0 Å². The minimum atomic E-state index is 0.143. The third-order valence-electron chi connectivity index (χ3n) is 3.62. The lowest BCUT2D eigenvalue weighted by molar-refractivity contribution is -0.117. The largest absolute Gasteiger partial charge is 0.310 e. The molecule has 3 nitrogen and oxygen atoms in total. The van der Waals surface area contributed by atoms with Crippen molar-refractivity contribution in [3.8, 4) is 11.3 Å². The molecule has 20 heavy (non-hydrogen) atoms. The Labute approximate surface area is 118 Å². The molecule has 1 aliphatic rings. The van der Waals surface area contributed by atoms with Gasteiger partial charge in [0.05, 0.1) is 17.6 Å². The number of rotatable bonds is 3. The highest BCUT2D eigenvalue weighted by Crippen LogP contribution is 2.26. The smallest absolute Gasteiger partial charge is 0.227 e. The lowest BCUT2D eigenvalue weighted by Crippen LogP contribution is -2.24. The van der Waals surface area contributed by atoms with Gasteiger partial charge in [0, 0.05) is 24.4 Å². The summed E-state index contributed by atoms with van der Waals surface area (Å²) in [5.74, 6) is 0.389. The Hall–Kier alpha value is -2.42. The van der Waals surface area contributed by atoms with E-state index in [4.69, 9.17) is 0 Å². The number of benzene rings is 1. The van der Waals surface area contributed by atoms with E-state index < -0.39 is 0 Å². The number of carbonyl (C=O) groups is 1. The van der Waals surface area contributed by atoms with Gasteiger partial charge in [-0.05, 0) is 12.1 Å². The van der Waals surface area contributed by atoms with Gasteiger partial charge in [0.2, 0.25) is 5.91 Å². The summed E-state index contributed by atoms with van der Waals surface area (Å²) in [6, 6.07) is 13.9. The van der Waals surface area contributed by atoms with E-state index in [9.17, 15) is 4.79 Å². The zero-order valence-corrected chi connectivity index (χ0v) is 11.2. The minimum absolute atomic E-state index is 0.143. The van der Waals surface area contributed by atoms with Crippen LogP contribution < -0.4 is 4.90 Å². The first-order valence-electron chi connectivity index (χ1n) is 6.72. The molecule has 0 saturated carbocycles. The molecule has 1 saturated heterocycles. The maximum absolute atomic E-state index is 11.9. The maximum atomic E-state index is 11.9. The van der Waals surface area contributed by atoms with E-state index in [1.54, 1.807) is 11.1 Å². The van der Waals surface area contributed by atoms with Crippen molar-refractivity contribution in [3.63, 3.8) is 0 Å². The van der Waals surface area contributed by atoms with Gasteiger partial charge in [0.1, 0.15) is 0 Å². The van der Waals surface area contributed by atoms with Crippen molar-refractivity contribution in [1.29, 1.82) is 0 Å². The highest BCUT2D eigenvalue weighted by molar-refractivity contribution is 5.95. The van der Waals surface area contributed by atoms with Crippen LogP contribution in [0, 0.1) is 5.92 Å². The Morgan fingerprint density at radius 2 is 2.00 bits per heavy atom. The molecule has 0 aliphatic carbocycles. The molecule has 2 heterocycles. The second-order valence-corrected chi connectivity index (χ2v) is 4.97. The van der Waals surface area contributed by atoms with Gasteiger partial charge in [0.25, 0.3) is 0 Å². The lowest BCUT2D eigenvalue weighted by atomic mass is 10.1. The highest BCUT2D eigenvalue weighted by atomic mass is 16.2. The van der Waals surface area contributed by atoms with Crippen LogP contribution in [-0.4, -0.2) is 17.4 Å². The summed E-state index contributed by atoms with van der Waals surface area (Å²) < 4.78 is 0. The van der Waals surface area contributed by atoms with Crippen molar-refractivity contribution in [2.24, 2.45) is 5.92 Å². The van der Waals surface area contributed by atoms with E-state index in [-0.39, 0.29) is 11.8 Å². The second-order valence-electron chi connectivity index (χ2n) is 4.97. The topological polar surface area (TPSA) is 33.2 Å². The summed E-state index contributed by atoms with van der Waals surface area (Å²) in [6.45, 7) is 4.47. The summed E-state index contributed by atoms with van der Waals surface area (Å²) in [5.41, 5.74) is 2.86. The molecular formula is C17H16N2O. The molecule has 100 valence electrons. The number of aromatic nitrogens is 1. The Balaban J connectivity index is 1.83. The fourth-order valence-corrected chi connectivity index (χ4v) is 2.47. The Morgan fingerprint density at radius 1 is 1.20 bits per heavy atom. The van der Waals surface area contributed by atoms with Gasteiger partial charge in [-0.1, -0.05) is 36.4 Å². The Bertz CT molecular complexity index is 619. The summed E-state index contributed by atoms with van der Waals surface area (Å²) in [5, 5.41) is 0. The van der Waals surface area contributed by atoms with Gasteiger partial charge in [-0.2, -0.15) is 0 Å². The van der Waals surface area contributed by atoms with Crippen molar-refractivity contribution in [2.75, 3.05) is 11.4 Å². The number of nitrogens with zero attached hydrogens (tertiary/aromatic N) is 2. The fourth-order valence-electron chi connectivity index (χ4n) is 2.47. The van der Waals surface area contributed by atoms with Gasteiger partial charge in [-0.15, -0.1) is 6.58 Å². The van der Waals surface area contributed by atoms with E-state index in [1.165, 1.54) is 0 Å². The van der Waals surface area contributed by atoms with E-state index in [2.05, 4.69) is 11.6 Å². The zero-order valence-electron chi connectivity index (χ0n) is 11.2. The Morgan fingerprint density at radius 3 is 2.60 bits per heavy atom. The molecule has 0 spiro atoms. The first kappa shape index (κ1) is 12.6. The first-order chi connectivity index (χ1) is 9.78. The van der Waals surface area contributed by atoms with Crippen LogP contribution in [0.1, 0.15) is 6.42 Å². The van der Waals surface area contributed by atoms with Crippen molar-refractivity contribution < 1.29 is 4.79 Å². The predicted molar refractivity (Wildman–Crippen MR) is 80.3 cm³/mol. The predicted octanol–water partition coefficient (Wildman–Crippen LogP) is 3.29. The number of hydrogen-bond donors (Lipinski definition) is 0. The molecule has 1 unspecified atom stereocenters. The average molecular weight is 264 g/mol. The van der Waals surface area contributed by atoms with Gasteiger partial charge in [-0.25, -0.2) is 0 Å². The van der Waals surface area contributed by atoms with Crippen LogP contribution in [0.4, 0.5) is 5.69 Å². The second kappa shape index (κ2) is 5.29. The molecule has 0 N–H and O–H groups in total. The highest BCUT2D eigenvalue weighted by Gasteiger charge is 2.28. The van der Waals surface area contributed by atoms with E-state index in [1.807, 2.05) is 48.5 Å². The third-order valence-corrected chi connectivity index (χ3v) is 3.62. The van der Waals surface area contributed by atoms with Crippen molar-refractivity contribution in [2.45, 2.75) is 6.42 Å². The zero-order chi connectivity index (χ0) is 13.9. The van der Waals surface area contributed by atoms with Gasteiger partial charge in [-0.3, -0.25) is 9.78 Å². The van der Waals surface area contributed by atoms with Crippen molar-refractivity contribution in [3.05, 3.63) is 61.3 Å². The van der Waals surface area contributed by atoms with Gasteiger partial charge < -0.3 is 4.90 Å². The molecule has 3 rings (SSSR count). The molecule has 0 bridgehead atoms. The standard InChI is InChI=1S/C17H16N2O/c1-2-13-10-17(20)19(12-13)15-8-9-16(18-11-15)14-6-4-3-5-7-14/h2-9,11,13H,1,10,12H2. The number of anilines is 1. The van der Waals surface area contributed by atoms with Gasteiger partial charge in [0.15, 0.2) is 0 Å². The third kappa shape index (κ3) is 2.35. The number of hydrogen-bond acceptors (Lipinski definition) is 2. The molecule has 3 heteroatoms. The molecule has 0 radical (unpaired) electrons. The van der Waals surface area contributed by atoms with Crippen LogP contribution in [0.3, 0.4) is 0 Å². The van der Waals surface area contributed by atoms with Crippen LogP contribution >= 0.6 is 0 Å². The number of pyridine rings is 1. The monoisotopic (exact) mass is 264 g/mol. The van der Waals surface area contributed by atoms with Crippen LogP contribution in [-0.2, 0) is 4.79 Å². The van der Waals surface area contributed by atoms with Crippen LogP contribution in [0.15, 0.2) is 61.3 Å².